The third-order valence-electron chi connectivity index (χ3n) is 3.86. The van der Waals surface area contributed by atoms with Crippen molar-refractivity contribution >= 4 is 16.1 Å². The Bertz CT molecular complexity index is 477. The van der Waals surface area contributed by atoms with Crippen LogP contribution in [0.2, 0.25) is 0 Å². The molecule has 5 heteroatoms. The summed E-state index contributed by atoms with van der Waals surface area (Å²) in [5.41, 5.74) is 1.03. The monoisotopic (exact) mass is 270 g/mol. The summed E-state index contributed by atoms with van der Waals surface area (Å²) in [5.74, 6) is 0.355. The summed E-state index contributed by atoms with van der Waals surface area (Å²) < 4.78 is 23.5. The van der Waals surface area contributed by atoms with E-state index in [1.165, 1.54) is 6.26 Å². The van der Waals surface area contributed by atoms with E-state index in [2.05, 4.69) is 23.7 Å². The number of rotatable bonds is 3. The summed E-state index contributed by atoms with van der Waals surface area (Å²) in [6.07, 6.45) is 5.05. The maximum absolute atomic E-state index is 11.7. The van der Waals surface area contributed by atoms with E-state index >= 15 is 0 Å². The van der Waals surface area contributed by atoms with Crippen LogP contribution in [0.5, 0.6) is 0 Å². The van der Waals surface area contributed by atoms with Gasteiger partial charge < -0.3 is 4.90 Å². The Kier molecular flexibility index (Phi) is 3.92. The van der Waals surface area contributed by atoms with E-state index in [0.717, 1.165) is 31.5 Å². The van der Waals surface area contributed by atoms with Crippen LogP contribution in [-0.2, 0) is 9.84 Å². The second-order valence-electron chi connectivity index (χ2n) is 5.56. The maximum atomic E-state index is 11.7. The smallest absolute Gasteiger partial charge is 0.177 e. The number of hydrogen-bond acceptors (Lipinski definition) is 4. The normalized spacial score (nSPS) is 26.3. The lowest BCUT2D eigenvalue weighted by atomic mass is 9.90. The topological polar surface area (TPSA) is 49.7 Å². The Balaban J connectivity index is 2.21. The highest BCUT2D eigenvalue weighted by molar-refractivity contribution is 7.95. The van der Waals surface area contributed by atoms with Crippen LogP contribution in [-0.4, -0.2) is 51.5 Å². The minimum absolute atomic E-state index is 0.355. The van der Waals surface area contributed by atoms with Gasteiger partial charge in [-0.2, -0.15) is 0 Å². The van der Waals surface area contributed by atoms with E-state index < -0.39 is 9.84 Å². The van der Waals surface area contributed by atoms with E-state index in [4.69, 9.17) is 0 Å². The SMILES string of the molecule is CC(C)N1CCCC(C2=C(S(C)(=O)=O)C=NC2)C1. The first-order valence-corrected chi connectivity index (χ1v) is 8.45. The number of hydrogen-bond donors (Lipinski definition) is 0. The highest BCUT2D eigenvalue weighted by Gasteiger charge is 2.30. The third-order valence-corrected chi connectivity index (χ3v) is 5.03. The van der Waals surface area contributed by atoms with E-state index in [0.29, 0.717) is 23.4 Å². The summed E-state index contributed by atoms with van der Waals surface area (Å²) in [4.78, 5) is 7.06. The van der Waals surface area contributed by atoms with Crippen LogP contribution in [0, 0.1) is 5.92 Å². The molecule has 0 radical (unpaired) electrons. The molecule has 18 heavy (non-hydrogen) atoms. The quantitative estimate of drug-likeness (QED) is 0.780. The molecule has 0 N–H and O–H groups in total. The van der Waals surface area contributed by atoms with Crippen molar-refractivity contribution in [2.24, 2.45) is 10.9 Å². The lowest BCUT2D eigenvalue weighted by molar-refractivity contribution is 0.153. The van der Waals surface area contributed by atoms with Gasteiger partial charge in [-0.25, -0.2) is 8.42 Å². The predicted molar refractivity (Wildman–Crippen MR) is 74.7 cm³/mol. The highest BCUT2D eigenvalue weighted by Crippen LogP contribution is 2.30. The Labute approximate surface area is 110 Å². The van der Waals surface area contributed by atoms with Crippen LogP contribution in [0.15, 0.2) is 15.5 Å². The van der Waals surface area contributed by atoms with E-state index in [1.54, 1.807) is 6.21 Å². The van der Waals surface area contributed by atoms with Crippen molar-refractivity contribution in [1.82, 2.24) is 4.90 Å². The lowest BCUT2D eigenvalue weighted by Crippen LogP contribution is -2.40. The van der Waals surface area contributed by atoms with Gasteiger partial charge in [0.15, 0.2) is 9.84 Å². The second kappa shape index (κ2) is 5.13. The third kappa shape index (κ3) is 2.83. The van der Waals surface area contributed by atoms with E-state index in [9.17, 15) is 8.42 Å². The number of sulfone groups is 1. The molecule has 4 nitrogen and oxygen atoms in total. The minimum Gasteiger partial charge on any atom is -0.300 e. The summed E-state index contributed by atoms with van der Waals surface area (Å²) in [7, 11) is -3.13. The van der Waals surface area contributed by atoms with Crippen molar-refractivity contribution in [3.63, 3.8) is 0 Å². The van der Waals surface area contributed by atoms with Crippen LogP contribution >= 0.6 is 0 Å². The molecule has 0 bridgehead atoms. The molecule has 102 valence electrons. The van der Waals surface area contributed by atoms with Crippen LogP contribution in [0.1, 0.15) is 26.7 Å². The fourth-order valence-corrected chi connectivity index (χ4v) is 3.79. The van der Waals surface area contributed by atoms with Gasteiger partial charge >= 0.3 is 0 Å². The largest absolute Gasteiger partial charge is 0.300 e. The first kappa shape index (κ1) is 13.7. The number of piperidine rings is 1. The fourth-order valence-electron chi connectivity index (χ4n) is 2.81. The second-order valence-corrected chi connectivity index (χ2v) is 7.54. The Morgan fingerprint density at radius 1 is 1.44 bits per heavy atom. The molecule has 0 saturated carbocycles. The van der Waals surface area contributed by atoms with Gasteiger partial charge in [0.25, 0.3) is 0 Å². The Morgan fingerprint density at radius 3 is 2.78 bits per heavy atom. The average Bonchev–Trinajstić information content (AvgIpc) is 2.77. The van der Waals surface area contributed by atoms with Gasteiger partial charge in [0.1, 0.15) is 0 Å². The lowest BCUT2D eigenvalue weighted by Gasteiger charge is -2.36. The molecule has 2 aliphatic heterocycles. The zero-order valence-corrected chi connectivity index (χ0v) is 12.2. The average molecular weight is 270 g/mol. The number of nitrogens with zero attached hydrogens (tertiary/aromatic N) is 2. The zero-order chi connectivity index (χ0) is 13.3. The van der Waals surface area contributed by atoms with Crippen molar-refractivity contribution in [3.05, 3.63) is 10.5 Å². The number of likely N-dealkylation sites (tertiary alicyclic amines) is 1. The van der Waals surface area contributed by atoms with Crippen molar-refractivity contribution in [1.29, 1.82) is 0 Å². The minimum atomic E-state index is -3.13. The van der Waals surface area contributed by atoms with Crippen LogP contribution in [0.4, 0.5) is 0 Å². The molecule has 0 aliphatic carbocycles. The first-order valence-electron chi connectivity index (χ1n) is 6.56. The van der Waals surface area contributed by atoms with Crippen molar-refractivity contribution in [2.45, 2.75) is 32.7 Å². The van der Waals surface area contributed by atoms with Crippen molar-refractivity contribution in [2.75, 3.05) is 25.9 Å². The molecule has 2 heterocycles. The Morgan fingerprint density at radius 2 is 2.17 bits per heavy atom. The fraction of sp³-hybridized carbons (Fsp3) is 0.769. The van der Waals surface area contributed by atoms with E-state index in [1.807, 2.05) is 0 Å². The van der Waals surface area contributed by atoms with Gasteiger partial charge in [-0.15, -0.1) is 0 Å². The van der Waals surface area contributed by atoms with Gasteiger partial charge in [0.05, 0.1) is 11.4 Å². The molecule has 1 unspecified atom stereocenters. The molecule has 1 fully saturated rings. The molecule has 0 amide bonds. The summed E-state index contributed by atoms with van der Waals surface area (Å²) >= 11 is 0. The van der Waals surface area contributed by atoms with Crippen molar-refractivity contribution in [3.8, 4) is 0 Å². The maximum Gasteiger partial charge on any atom is 0.177 e. The highest BCUT2D eigenvalue weighted by atomic mass is 32.2. The van der Waals surface area contributed by atoms with Gasteiger partial charge in [0.2, 0.25) is 0 Å². The molecule has 0 aromatic heterocycles. The van der Waals surface area contributed by atoms with Gasteiger partial charge in [0, 0.05) is 25.1 Å². The molecule has 0 spiro atoms. The van der Waals surface area contributed by atoms with Crippen LogP contribution < -0.4 is 0 Å². The molecular formula is C13H22N2O2S. The summed E-state index contributed by atoms with van der Waals surface area (Å²) in [5, 5.41) is 0. The molecule has 0 aromatic rings. The predicted octanol–water partition coefficient (Wildman–Crippen LogP) is 1.49. The first-order chi connectivity index (χ1) is 8.39. The van der Waals surface area contributed by atoms with Crippen LogP contribution in [0.3, 0.4) is 0 Å². The molecule has 1 saturated heterocycles. The standard InChI is InChI=1S/C13H22N2O2S/c1-10(2)15-6-4-5-11(9-15)12-7-14-8-13(12)18(3,16)17/h8,10-11H,4-7,9H2,1-3H3. The molecule has 0 aromatic carbocycles. The van der Waals surface area contributed by atoms with Crippen molar-refractivity contribution < 1.29 is 8.42 Å². The molecule has 2 aliphatic rings. The summed E-state index contributed by atoms with van der Waals surface area (Å²) in [6, 6.07) is 0.525. The molecule has 1 atom stereocenters. The van der Waals surface area contributed by atoms with Crippen LogP contribution in [0.25, 0.3) is 0 Å². The molecule has 2 rings (SSSR count). The Hall–Kier alpha value is -0.680. The summed E-state index contributed by atoms with van der Waals surface area (Å²) in [6.45, 7) is 7.05. The van der Waals surface area contributed by atoms with Gasteiger partial charge in [-0.05, 0) is 44.7 Å². The zero-order valence-electron chi connectivity index (χ0n) is 11.4. The molecular weight excluding hydrogens is 248 g/mol. The van der Waals surface area contributed by atoms with Gasteiger partial charge in [-0.3, -0.25) is 4.99 Å². The van der Waals surface area contributed by atoms with E-state index in [-0.39, 0.29) is 0 Å². The number of allylic oxidation sites excluding steroid dienone is 1. The van der Waals surface area contributed by atoms with Gasteiger partial charge in [-0.1, -0.05) is 0 Å². The number of aliphatic imine (C=N–C) groups is 1.